The quantitative estimate of drug-likeness (QED) is 0.642. The molecule has 0 radical (unpaired) electrons. The van der Waals surface area contributed by atoms with Crippen molar-refractivity contribution >= 4 is 11.8 Å². The molecule has 0 bridgehead atoms. The van der Waals surface area contributed by atoms with Crippen LogP contribution in [0.15, 0.2) is 42.5 Å². The van der Waals surface area contributed by atoms with Gasteiger partial charge in [-0.15, -0.1) is 0 Å². The molecule has 0 atom stereocenters. The number of carbonyl (C=O) groups excluding carboxylic acids is 2. The molecule has 0 aliphatic carbocycles. The van der Waals surface area contributed by atoms with Crippen LogP contribution < -0.4 is 14.8 Å². The highest BCUT2D eigenvalue weighted by atomic mass is 16.5. The standard InChI is InChI=1S/C24H30N2O4/c1-3-29-21-15-19-12-14-26(17-20(19)16-22(21)30-4-2)23(27)11-8-13-25-24(28)18-9-6-5-7-10-18/h5-7,9-10,15-16H,3-4,8,11-14,17H2,1-2H3,(H,25,28). The summed E-state index contributed by atoms with van der Waals surface area (Å²) < 4.78 is 11.4. The maximum absolute atomic E-state index is 12.7. The molecule has 0 saturated carbocycles. The third-order valence-corrected chi connectivity index (χ3v) is 5.12. The first-order valence-electron chi connectivity index (χ1n) is 10.6. The third kappa shape index (κ3) is 5.53. The lowest BCUT2D eigenvalue weighted by molar-refractivity contribution is -0.132. The number of amides is 2. The zero-order chi connectivity index (χ0) is 21.3. The SMILES string of the molecule is CCOc1cc2c(cc1OCC)CN(C(=O)CCCNC(=O)c1ccccc1)CC2. The van der Waals surface area contributed by atoms with Crippen molar-refractivity contribution in [2.24, 2.45) is 0 Å². The molecule has 3 rings (SSSR count). The molecule has 6 heteroatoms. The first-order valence-corrected chi connectivity index (χ1v) is 10.6. The van der Waals surface area contributed by atoms with Crippen molar-refractivity contribution in [3.63, 3.8) is 0 Å². The molecule has 1 heterocycles. The number of nitrogens with one attached hydrogen (secondary N) is 1. The number of hydrogen-bond acceptors (Lipinski definition) is 4. The number of carbonyl (C=O) groups is 2. The zero-order valence-corrected chi connectivity index (χ0v) is 17.8. The molecule has 2 aromatic rings. The van der Waals surface area contributed by atoms with Crippen molar-refractivity contribution in [1.82, 2.24) is 10.2 Å². The third-order valence-electron chi connectivity index (χ3n) is 5.12. The van der Waals surface area contributed by atoms with Gasteiger partial charge in [-0.2, -0.15) is 0 Å². The fourth-order valence-corrected chi connectivity index (χ4v) is 3.60. The predicted molar refractivity (Wildman–Crippen MR) is 116 cm³/mol. The van der Waals surface area contributed by atoms with Gasteiger partial charge in [0.1, 0.15) is 0 Å². The van der Waals surface area contributed by atoms with Crippen LogP contribution in [0.25, 0.3) is 0 Å². The van der Waals surface area contributed by atoms with Crippen LogP contribution in [-0.4, -0.2) is 43.0 Å². The van der Waals surface area contributed by atoms with Crippen molar-refractivity contribution in [2.45, 2.75) is 39.7 Å². The van der Waals surface area contributed by atoms with E-state index in [1.165, 1.54) is 5.56 Å². The normalized spacial score (nSPS) is 12.8. The highest BCUT2D eigenvalue weighted by molar-refractivity contribution is 5.94. The molecule has 0 fully saturated rings. The van der Waals surface area contributed by atoms with Crippen LogP contribution in [0.5, 0.6) is 11.5 Å². The Kier molecular flexibility index (Phi) is 7.71. The Morgan fingerprint density at radius 3 is 2.33 bits per heavy atom. The Morgan fingerprint density at radius 1 is 1.00 bits per heavy atom. The van der Waals surface area contributed by atoms with Gasteiger partial charge in [-0.05, 0) is 62.1 Å². The molecule has 30 heavy (non-hydrogen) atoms. The number of ether oxygens (including phenoxy) is 2. The summed E-state index contributed by atoms with van der Waals surface area (Å²) >= 11 is 0. The minimum Gasteiger partial charge on any atom is -0.490 e. The molecule has 0 aromatic heterocycles. The van der Waals surface area contributed by atoms with Crippen molar-refractivity contribution in [2.75, 3.05) is 26.3 Å². The number of hydrogen-bond donors (Lipinski definition) is 1. The van der Waals surface area contributed by atoms with E-state index >= 15 is 0 Å². The summed E-state index contributed by atoms with van der Waals surface area (Å²) in [6.07, 6.45) is 1.84. The van der Waals surface area contributed by atoms with E-state index in [1.54, 1.807) is 12.1 Å². The molecule has 1 N–H and O–H groups in total. The number of benzene rings is 2. The second-order valence-corrected chi connectivity index (χ2v) is 7.22. The highest BCUT2D eigenvalue weighted by Crippen LogP contribution is 2.34. The van der Waals surface area contributed by atoms with Gasteiger partial charge in [-0.3, -0.25) is 9.59 Å². The molecule has 2 aromatic carbocycles. The van der Waals surface area contributed by atoms with Crippen LogP contribution >= 0.6 is 0 Å². The maximum atomic E-state index is 12.7. The van der Waals surface area contributed by atoms with E-state index in [2.05, 4.69) is 5.32 Å². The second-order valence-electron chi connectivity index (χ2n) is 7.22. The van der Waals surface area contributed by atoms with Gasteiger partial charge >= 0.3 is 0 Å². The van der Waals surface area contributed by atoms with Crippen molar-refractivity contribution < 1.29 is 19.1 Å². The summed E-state index contributed by atoms with van der Waals surface area (Å²) in [4.78, 5) is 26.6. The van der Waals surface area contributed by atoms with Crippen molar-refractivity contribution in [1.29, 1.82) is 0 Å². The minimum atomic E-state index is -0.108. The van der Waals surface area contributed by atoms with E-state index in [-0.39, 0.29) is 11.8 Å². The van der Waals surface area contributed by atoms with Crippen molar-refractivity contribution in [3.05, 3.63) is 59.2 Å². The van der Waals surface area contributed by atoms with Gasteiger partial charge in [0.05, 0.1) is 13.2 Å². The summed E-state index contributed by atoms with van der Waals surface area (Å²) in [5.41, 5.74) is 2.95. The first-order chi connectivity index (χ1) is 14.6. The van der Waals surface area contributed by atoms with E-state index in [9.17, 15) is 9.59 Å². The summed E-state index contributed by atoms with van der Waals surface area (Å²) in [5, 5.41) is 2.87. The average molecular weight is 411 g/mol. The van der Waals surface area contributed by atoms with E-state index in [1.807, 2.05) is 49.1 Å². The van der Waals surface area contributed by atoms with Crippen LogP contribution in [0.1, 0.15) is 48.2 Å². The molecular weight excluding hydrogens is 380 g/mol. The second kappa shape index (κ2) is 10.7. The molecule has 160 valence electrons. The highest BCUT2D eigenvalue weighted by Gasteiger charge is 2.22. The van der Waals surface area contributed by atoms with Crippen LogP contribution in [0.4, 0.5) is 0 Å². The smallest absolute Gasteiger partial charge is 0.251 e. The van der Waals surface area contributed by atoms with Gasteiger partial charge in [-0.25, -0.2) is 0 Å². The van der Waals surface area contributed by atoms with Gasteiger partial charge in [0.25, 0.3) is 5.91 Å². The fraction of sp³-hybridized carbons (Fsp3) is 0.417. The Balaban J connectivity index is 1.51. The van der Waals surface area contributed by atoms with Gasteiger partial charge in [0, 0.05) is 31.6 Å². The molecule has 0 saturated heterocycles. The zero-order valence-electron chi connectivity index (χ0n) is 17.8. The number of rotatable bonds is 9. The summed E-state index contributed by atoms with van der Waals surface area (Å²) in [5.74, 6) is 1.51. The monoisotopic (exact) mass is 410 g/mol. The molecule has 1 aliphatic rings. The lowest BCUT2D eigenvalue weighted by Gasteiger charge is -2.30. The van der Waals surface area contributed by atoms with Crippen LogP contribution in [-0.2, 0) is 17.8 Å². The molecule has 2 amide bonds. The number of fused-ring (bicyclic) bond motifs is 1. The first kappa shape index (κ1) is 21.7. The Morgan fingerprint density at radius 2 is 1.67 bits per heavy atom. The Hall–Kier alpha value is -3.02. The van der Waals surface area contributed by atoms with Crippen LogP contribution in [0.3, 0.4) is 0 Å². The van der Waals surface area contributed by atoms with Crippen LogP contribution in [0.2, 0.25) is 0 Å². The molecule has 0 spiro atoms. The fourth-order valence-electron chi connectivity index (χ4n) is 3.60. The van der Waals surface area contributed by atoms with Gasteiger partial charge in [0.2, 0.25) is 5.91 Å². The van der Waals surface area contributed by atoms with E-state index in [0.717, 1.165) is 23.5 Å². The van der Waals surface area contributed by atoms with Gasteiger partial charge in [-0.1, -0.05) is 18.2 Å². The molecule has 0 unspecified atom stereocenters. The van der Waals surface area contributed by atoms with Gasteiger partial charge < -0.3 is 19.7 Å². The van der Waals surface area contributed by atoms with E-state index in [0.29, 0.717) is 51.3 Å². The summed E-state index contributed by atoms with van der Waals surface area (Å²) in [6, 6.07) is 13.1. The lowest BCUT2D eigenvalue weighted by Crippen LogP contribution is -2.36. The summed E-state index contributed by atoms with van der Waals surface area (Å²) in [6.45, 7) is 6.81. The lowest BCUT2D eigenvalue weighted by atomic mass is 9.98. The predicted octanol–water partition coefficient (Wildman–Crippen LogP) is 3.58. The van der Waals surface area contributed by atoms with E-state index in [4.69, 9.17) is 9.47 Å². The molecule has 1 aliphatic heterocycles. The Bertz CT molecular complexity index is 867. The number of nitrogens with zero attached hydrogens (tertiary/aromatic N) is 1. The topological polar surface area (TPSA) is 67.9 Å². The minimum absolute atomic E-state index is 0.108. The average Bonchev–Trinajstić information content (AvgIpc) is 2.77. The largest absolute Gasteiger partial charge is 0.490 e. The molecule has 6 nitrogen and oxygen atoms in total. The Labute approximate surface area is 178 Å². The van der Waals surface area contributed by atoms with Crippen molar-refractivity contribution in [3.8, 4) is 11.5 Å². The molecular formula is C24H30N2O4. The van der Waals surface area contributed by atoms with E-state index < -0.39 is 0 Å². The summed E-state index contributed by atoms with van der Waals surface area (Å²) in [7, 11) is 0. The van der Waals surface area contributed by atoms with Crippen LogP contribution in [0, 0.1) is 0 Å². The van der Waals surface area contributed by atoms with Gasteiger partial charge in [0.15, 0.2) is 11.5 Å². The maximum Gasteiger partial charge on any atom is 0.251 e.